The number of nitrogens with zero attached hydrogens (tertiary/aromatic N) is 1. The van der Waals surface area contributed by atoms with Crippen molar-refractivity contribution in [3.05, 3.63) is 0 Å². The molecule has 1 N–H and O–H groups in total. The van der Waals surface area contributed by atoms with E-state index >= 15 is 0 Å². The molecule has 1 atom stereocenters. The highest BCUT2D eigenvalue weighted by Gasteiger charge is 2.22. The lowest BCUT2D eigenvalue weighted by Crippen LogP contribution is -2.37. The second kappa shape index (κ2) is 8.08. The van der Waals surface area contributed by atoms with Gasteiger partial charge in [-0.15, -0.1) is 0 Å². The molecule has 98 valence electrons. The summed E-state index contributed by atoms with van der Waals surface area (Å²) in [5, 5.41) is 11.7. The van der Waals surface area contributed by atoms with Crippen molar-refractivity contribution < 1.29 is 9.53 Å². The third-order valence-corrected chi connectivity index (χ3v) is 2.77. The molecule has 0 aromatic carbocycles. The van der Waals surface area contributed by atoms with Gasteiger partial charge >= 0.3 is 0 Å². The molecule has 0 aromatic rings. The number of rotatable bonds is 8. The lowest BCUT2D eigenvalue weighted by Gasteiger charge is -2.25. The molecule has 0 spiro atoms. The minimum atomic E-state index is -0.516. The second-order valence-corrected chi connectivity index (χ2v) is 5.10. The van der Waals surface area contributed by atoms with Gasteiger partial charge in [0.25, 0.3) is 0 Å². The van der Waals surface area contributed by atoms with Crippen LogP contribution in [0.2, 0.25) is 0 Å². The van der Waals surface area contributed by atoms with Crippen molar-refractivity contribution in [2.45, 2.75) is 40.0 Å². The fraction of sp³-hybridized carbons (Fsp3) is 0.846. The van der Waals surface area contributed by atoms with Gasteiger partial charge in [-0.2, -0.15) is 5.26 Å². The SMILES string of the molecule is CCCC(C#N)C(=O)NCC(C)(C)CCOC. The smallest absolute Gasteiger partial charge is 0.237 e. The lowest BCUT2D eigenvalue weighted by atomic mass is 9.89. The number of methoxy groups -OCH3 is 1. The van der Waals surface area contributed by atoms with Crippen molar-refractivity contribution in [3.63, 3.8) is 0 Å². The van der Waals surface area contributed by atoms with Crippen LogP contribution in [0.25, 0.3) is 0 Å². The van der Waals surface area contributed by atoms with E-state index in [4.69, 9.17) is 10.00 Å². The molecule has 0 fully saturated rings. The molecule has 0 aromatic heterocycles. The van der Waals surface area contributed by atoms with Crippen LogP contribution < -0.4 is 5.32 Å². The van der Waals surface area contributed by atoms with Gasteiger partial charge in [0.2, 0.25) is 5.91 Å². The largest absolute Gasteiger partial charge is 0.385 e. The van der Waals surface area contributed by atoms with Crippen LogP contribution in [0.3, 0.4) is 0 Å². The van der Waals surface area contributed by atoms with Gasteiger partial charge in [0.1, 0.15) is 5.92 Å². The second-order valence-electron chi connectivity index (χ2n) is 5.10. The maximum atomic E-state index is 11.7. The molecule has 0 heterocycles. The first-order chi connectivity index (χ1) is 7.96. The van der Waals surface area contributed by atoms with Crippen molar-refractivity contribution >= 4 is 5.91 Å². The van der Waals surface area contributed by atoms with E-state index in [0.717, 1.165) is 12.8 Å². The van der Waals surface area contributed by atoms with Gasteiger partial charge in [0.05, 0.1) is 6.07 Å². The predicted molar refractivity (Wildman–Crippen MR) is 67.3 cm³/mol. The maximum Gasteiger partial charge on any atom is 0.237 e. The Bertz CT molecular complexity index is 269. The van der Waals surface area contributed by atoms with Crippen LogP contribution in [0, 0.1) is 22.7 Å². The van der Waals surface area contributed by atoms with Crippen molar-refractivity contribution in [1.29, 1.82) is 5.26 Å². The quantitative estimate of drug-likeness (QED) is 0.706. The van der Waals surface area contributed by atoms with Crippen LogP contribution in [0.15, 0.2) is 0 Å². The number of nitrogens with one attached hydrogen (secondary N) is 1. The Morgan fingerprint density at radius 1 is 1.53 bits per heavy atom. The van der Waals surface area contributed by atoms with E-state index in [1.807, 2.05) is 13.0 Å². The van der Waals surface area contributed by atoms with Gasteiger partial charge < -0.3 is 10.1 Å². The monoisotopic (exact) mass is 240 g/mol. The van der Waals surface area contributed by atoms with Crippen LogP contribution in [0.5, 0.6) is 0 Å². The third kappa shape index (κ3) is 6.96. The number of ether oxygens (including phenoxy) is 1. The minimum absolute atomic E-state index is 0.00209. The predicted octanol–water partition coefficient (Wildman–Crippen LogP) is 2.11. The average molecular weight is 240 g/mol. The Hall–Kier alpha value is -1.08. The molecule has 0 aliphatic heterocycles. The first-order valence-electron chi connectivity index (χ1n) is 6.13. The standard InChI is InChI=1S/C13H24N2O2/c1-5-6-11(9-14)12(16)15-10-13(2,3)7-8-17-4/h11H,5-8,10H2,1-4H3,(H,15,16). The highest BCUT2D eigenvalue weighted by molar-refractivity contribution is 5.80. The van der Waals surface area contributed by atoms with Crippen LogP contribution in [0.4, 0.5) is 0 Å². The Morgan fingerprint density at radius 3 is 2.65 bits per heavy atom. The maximum absolute atomic E-state index is 11.7. The zero-order chi connectivity index (χ0) is 13.3. The molecule has 1 unspecified atom stereocenters. The van der Waals surface area contributed by atoms with Crippen LogP contribution in [-0.2, 0) is 9.53 Å². The van der Waals surface area contributed by atoms with Gasteiger partial charge in [-0.1, -0.05) is 27.2 Å². The number of nitriles is 1. The average Bonchev–Trinajstić information content (AvgIpc) is 2.30. The summed E-state index contributed by atoms with van der Waals surface area (Å²) in [6.45, 7) is 7.39. The zero-order valence-corrected chi connectivity index (χ0v) is 11.4. The number of hydrogen-bond donors (Lipinski definition) is 1. The Balaban J connectivity index is 4.09. The normalized spacial score (nSPS) is 12.9. The minimum Gasteiger partial charge on any atom is -0.385 e. The lowest BCUT2D eigenvalue weighted by molar-refractivity contribution is -0.124. The molecule has 0 radical (unpaired) electrons. The molecule has 0 saturated heterocycles. The first-order valence-corrected chi connectivity index (χ1v) is 6.13. The van der Waals surface area contributed by atoms with E-state index in [-0.39, 0.29) is 11.3 Å². The molecule has 0 saturated carbocycles. The highest BCUT2D eigenvalue weighted by atomic mass is 16.5. The summed E-state index contributed by atoms with van der Waals surface area (Å²) in [6.07, 6.45) is 2.36. The summed E-state index contributed by atoms with van der Waals surface area (Å²) in [6, 6.07) is 2.05. The van der Waals surface area contributed by atoms with E-state index in [2.05, 4.69) is 19.2 Å². The summed E-state index contributed by atoms with van der Waals surface area (Å²) in [4.78, 5) is 11.7. The molecule has 0 aliphatic carbocycles. The molecule has 4 heteroatoms. The molecule has 4 nitrogen and oxygen atoms in total. The Labute approximate surface area is 104 Å². The van der Waals surface area contributed by atoms with Crippen molar-refractivity contribution in [2.24, 2.45) is 11.3 Å². The Morgan fingerprint density at radius 2 is 2.18 bits per heavy atom. The van der Waals surface area contributed by atoms with Crippen LogP contribution in [-0.4, -0.2) is 26.2 Å². The molecule has 1 amide bonds. The number of hydrogen-bond acceptors (Lipinski definition) is 3. The fourth-order valence-electron chi connectivity index (χ4n) is 1.46. The Kier molecular flexibility index (Phi) is 7.56. The summed E-state index contributed by atoms with van der Waals surface area (Å²) in [5.41, 5.74) is -0.00209. The molecule has 17 heavy (non-hydrogen) atoms. The van der Waals surface area contributed by atoms with Gasteiger partial charge in [-0.3, -0.25) is 4.79 Å². The summed E-state index contributed by atoms with van der Waals surface area (Å²) < 4.78 is 5.03. The molecular weight excluding hydrogens is 216 g/mol. The molecule has 0 aliphatic rings. The molecule has 0 bridgehead atoms. The highest BCUT2D eigenvalue weighted by Crippen LogP contribution is 2.19. The van der Waals surface area contributed by atoms with Crippen molar-refractivity contribution in [3.8, 4) is 6.07 Å². The van der Waals surface area contributed by atoms with Crippen molar-refractivity contribution in [2.75, 3.05) is 20.3 Å². The van der Waals surface area contributed by atoms with E-state index in [1.165, 1.54) is 0 Å². The van der Waals surface area contributed by atoms with Gasteiger partial charge in [-0.25, -0.2) is 0 Å². The van der Waals surface area contributed by atoms with Crippen molar-refractivity contribution in [1.82, 2.24) is 5.32 Å². The van der Waals surface area contributed by atoms with E-state index in [0.29, 0.717) is 19.6 Å². The summed E-state index contributed by atoms with van der Waals surface area (Å²) in [7, 11) is 1.67. The van der Waals surface area contributed by atoms with Gasteiger partial charge in [0, 0.05) is 20.3 Å². The fourth-order valence-corrected chi connectivity index (χ4v) is 1.46. The third-order valence-electron chi connectivity index (χ3n) is 2.77. The first kappa shape index (κ1) is 15.9. The van der Waals surface area contributed by atoms with E-state index in [1.54, 1.807) is 7.11 Å². The number of carbonyl (C=O) groups excluding carboxylic acids is 1. The summed E-state index contributed by atoms with van der Waals surface area (Å²) in [5.74, 6) is -0.668. The van der Waals surface area contributed by atoms with Crippen LogP contribution >= 0.6 is 0 Å². The number of amides is 1. The zero-order valence-electron chi connectivity index (χ0n) is 11.4. The van der Waals surface area contributed by atoms with E-state index in [9.17, 15) is 4.79 Å². The molecule has 0 rings (SSSR count). The summed E-state index contributed by atoms with van der Waals surface area (Å²) >= 11 is 0. The molecular formula is C13H24N2O2. The van der Waals surface area contributed by atoms with E-state index < -0.39 is 5.92 Å². The number of carbonyl (C=O) groups is 1. The van der Waals surface area contributed by atoms with Gasteiger partial charge in [-0.05, 0) is 18.3 Å². The van der Waals surface area contributed by atoms with Gasteiger partial charge in [0.15, 0.2) is 0 Å². The topological polar surface area (TPSA) is 62.1 Å². The van der Waals surface area contributed by atoms with Crippen LogP contribution in [0.1, 0.15) is 40.0 Å².